The Labute approximate surface area is 258 Å². The topological polar surface area (TPSA) is 3.24 Å². The van der Waals surface area contributed by atoms with Crippen molar-refractivity contribution in [3.63, 3.8) is 0 Å². The Balaban J connectivity index is 1.20. The maximum absolute atomic E-state index is 2.40. The molecule has 43 heavy (non-hydrogen) atoms. The predicted molar refractivity (Wildman–Crippen MR) is 187 cm³/mol. The summed E-state index contributed by atoms with van der Waals surface area (Å²) in [6, 6.07) is 55.1. The summed E-state index contributed by atoms with van der Waals surface area (Å²) in [6.07, 6.45) is 0. The van der Waals surface area contributed by atoms with Crippen molar-refractivity contribution < 1.29 is 0 Å². The molecule has 0 N–H and O–H groups in total. The smallest absolute Gasteiger partial charge is 0.0467 e. The number of nitrogens with zero attached hydrogens (tertiary/aromatic N) is 1. The van der Waals surface area contributed by atoms with Gasteiger partial charge in [-0.1, -0.05) is 103 Å². The van der Waals surface area contributed by atoms with E-state index in [0.717, 1.165) is 17.1 Å². The second kappa shape index (κ2) is 9.88. The van der Waals surface area contributed by atoms with Crippen molar-refractivity contribution >= 4 is 71.1 Å². The average molecular weight is 584 g/mol. The number of thiophene rings is 1. The minimum Gasteiger partial charge on any atom is -0.310 e. The van der Waals surface area contributed by atoms with E-state index in [1.54, 1.807) is 0 Å². The fourth-order valence-corrected chi connectivity index (χ4v) is 8.98. The van der Waals surface area contributed by atoms with E-state index in [1.165, 1.54) is 63.0 Å². The normalized spacial score (nSPS) is 12.1. The van der Waals surface area contributed by atoms with Gasteiger partial charge in [0.15, 0.2) is 0 Å². The maximum atomic E-state index is 2.40. The first-order valence-electron chi connectivity index (χ1n) is 14.5. The monoisotopic (exact) mass is 583 g/mol. The van der Waals surface area contributed by atoms with Crippen LogP contribution in [0.2, 0.25) is 0 Å². The Morgan fingerprint density at radius 1 is 0.419 bits per heavy atom. The second-order valence-corrected chi connectivity index (χ2v) is 13.1. The zero-order valence-corrected chi connectivity index (χ0v) is 24.8. The molecule has 0 spiro atoms. The van der Waals surface area contributed by atoms with Crippen LogP contribution in [0.25, 0.3) is 53.2 Å². The van der Waals surface area contributed by atoms with E-state index < -0.39 is 0 Å². The molecule has 0 aliphatic carbocycles. The van der Waals surface area contributed by atoms with Gasteiger partial charge in [-0.05, 0) is 82.7 Å². The molecule has 0 saturated carbocycles. The van der Waals surface area contributed by atoms with Gasteiger partial charge in [-0.15, -0.1) is 11.3 Å². The number of benzene rings is 7. The van der Waals surface area contributed by atoms with Gasteiger partial charge < -0.3 is 4.90 Å². The van der Waals surface area contributed by atoms with Crippen LogP contribution in [0.4, 0.5) is 17.1 Å². The van der Waals surface area contributed by atoms with E-state index in [2.05, 4.69) is 157 Å². The van der Waals surface area contributed by atoms with Crippen LogP contribution in [-0.4, -0.2) is 0 Å². The Hall–Kier alpha value is -4.83. The minimum atomic E-state index is 1.13. The SMILES string of the molecule is c1ccc(-c2cccc(N(c3ccccc3)c3ccc(-c4cc5cccc6c5c5c4sc4cccc(c45)S6)cc3)c2)cc1. The van der Waals surface area contributed by atoms with Crippen LogP contribution in [0.5, 0.6) is 0 Å². The zero-order chi connectivity index (χ0) is 28.3. The van der Waals surface area contributed by atoms with Gasteiger partial charge in [0.05, 0.1) is 0 Å². The molecule has 0 bridgehead atoms. The highest BCUT2D eigenvalue weighted by atomic mass is 32.2. The highest BCUT2D eigenvalue weighted by Crippen LogP contribution is 2.53. The van der Waals surface area contributed by atoms with Crippen molar-refractivity contribution in [1.82, 2.24) is 0 Å². The Kier molecular flexibility index (Phi) is 5.68. The first-order chi connectivity index (χ1) is 21.3. The van der Waals surface area contributed by atoms with Gasteiger partial charge in [0, 0.05) is 58.0 Å². The lowest BCUT2D eigenvalue weighted by Gasteiger charge is -2.26. The Bertz CT molecular complexity index is 2300. The van der Waals surface area contributed by atoms with E-state index in [0.29, 0.717) is 0 Å². The van der Waals surface area contributed by atoms with E-state index in [-0.39, 0.29) is 0 Å². The third-order valence-electron chi connectivity index (χ3n) is 8.41. The van der Waals surface area contributed by atoms with E-state index in [4.69, 9.17) is 0 Å². The molecule has 3 heteroatoms. The molecule has 0 unspecified atom stereocenters. The number of rotatable bonds is 5. The van der Waals surface area contributed by atoms with Crippen LogP contribution in [0.3, 0.4) is 0 Å². The van der Waals surface area contributed by atoms with Crippen LogP contribution < -0.4 is 4.90 Å². The number of para-hydroxylation sites is 1. The molecule has 0 fully saturated rings. The zero-order valence-electron chi connectivity index (χ0n) is 23.2. The lowest BCUT2D eigenvalue weighted by Crippen LogP contribution is -2.09. The summed E-state index contributed by atoms with van der Waals surface area (Å²) >= 11 is 3.83. The van der Waals surface area contributed by atoms with Gasteiger partial charge >= 0.3 is 0 Å². The first kappa shape index (κ1) is 24.7. The summed E-state index contributed by atoms with van der Waals surface area (Å²) in [5.74, 6) is 0. The number of anilines is 3. The van der Waals surface area contributed by atoms with Crippen LogP contribution in [0.15, 0.2) is 161 Å². The van der Waals surface area contributed by atoms with Crippen LogP contribution in [0, 0.1) is 0 Å². The van der Waals surface area contributed by atoms with E-state index in [1.807, 2.05) is 23.1 Å². The van der Waals surface area contributed by atoms with Crippen molar-refractivity contribution in [2.75, 3.05) is 4.90 Å². The Morgan fingerprint density at radius 2 is 1.07 bits per heavy atom. The van der Waals surface area contributed by atoms with Gasteiger partial charge in [-0.25, -0.2) is 0 Å². The van der Waals surface area contributed by atoms with Crippen molar-refractivity contribution in [2.24, 2.45) is 0 Å². The minimum absolute atomic E-state index is 1.13. The summed E-state index contributed by atoms with van der Waals surface area (Å²) in [4.78, 5) is 5.08. The molecule has 0 saturated heterocycles. The van der Waals surface area contributed by atoms with Gasteiger partial charge in [0.1, 0.15) is 0 Å². The summed E-state index contributed by atoms with van der Waals surface area (Å²) in [6.45, 7) is 0. The second-order valence-electron chi connectivity index (χ2n) is 11.0. The largest absolute Gasteiger partial charge is 0.310 e. The summed E-state index contributed by atoms with van der Waals surface area (Å²) in [5, 5.41) is 5.56. The lowest BCUT2D eigenvalue weighted by atomic mass is 9.96. The standard InChI is InChI=1S/C40H25NS2/c1-3-10-26(11-4-1)28-12-7-16-32(24-28)41(30-14-5-2-6-15-30)31-22-20-27(21-23-31)33-25-29-13-8-17-34-37(29)39-38-35(42-34)18-9-19-36(38)43-40(33)39/h1-25H. The highest BCUT2D eigenvalue weighted by molar-refractivity contribution is 8.00. The van der Waals surface area contributed by atoms with Crippen LogP contribution in [-0.2, 0) is 0 Å². The van der Waals surface area contributed by atoms with E-state index in [9.17, 15) is 0 Å². The molecular weight excluding hydrogens is 559 g/mol. The van der Waals surface area contributed by atoms with Crippen molar-refractivity contribution in [1.29, 1.82) is 0 Å². The highest BCUT2D eigenvalue weighted by Gasteiger charge is 2.23. The van der Waals surface area contributed by atoms with Gasteiger partial charge in [-0.3, -0.25) is 0 Å². The third kappa shape index (κ3) is 4.00. The summed E-state index contributed by atoms with van der Waals surface area (Å²) in [5.41, 5.74) is 8.38. The van der Waals surface area contributed by atoms with Crippen molar-refractivity contribution in [3.05, 3.63) is 152 Å². The van der Waals surface area contributed by atoms with Crippen molar-refractivity contribution in [3.8, 4) is 22.3 Å². The molecule has 1 aromatic heterocycles. The Morgan fingerprint density at radius 3 is 1.88 bits per heavy atom. The molecule has 1 aliphatic rings. The molecule has 2 heterocycles. The quantitative estimate of drug-likeness (QED) is 0.198. The molecule has 0 radical (unpaired) electrons. The molecule has 7 aromatic carbocycles. The molecule has 1 aliphatic heterocycles. The molecule has 9 rings (SSSR count). The van der Waals surface area contributed by atoms with Gasteiger partial charge in [-0.2, -0.15) is 0 Å². The van der Waals surface area contributed by atoms with Crippen molar-refractivity contribution in [2.45, 2.75) is 9.79 Å². The lowest BCUT2D eigenvalue weighted by molar-refractivity contribution is 1.28. The van der Waals surface area contributed by atoms with Gasteiger partial charge in [0.2, 0.25) is 0 Å². The number of hydrogen-bond acceptors (Lipinski definition) is 3. The number of hydrogen-bond donors (Lipinski definition) is 0. The fourth-order valence-electron chi connectivity index (χ4n) is 6.47. The van der Waals surface area contributed by atoms with Crippen LogP contribution >= 0.6 is 23.1 Å². The maximum Gasteiger partial charge on any atom is 0.0467 e. The predicted octanol–water partition coefficient (Wildman–Crippen LogP) is 12.5. The molecule has 1 nitrogen and oxygen atoms in total. The summed E-state index contributed by atoms with van der Waals surface area (Å²) in [7, 11) is 0. The molecule has 202 valence electrons. The van der Waals surface area contributed by atoms with Crippen LogP contribution in [0.1, 0.15) is 0 Å². The average Bonchev–Trinajstić information content (AvgIpc) is 3.47. The molecular formula is C40H25NS2. The first-order valence-corrected chi connectivity index (χ1v) is 16.1. The molecule has 8 aromatic rings. The molecule has 0 atom stereocenters. The van der Waals surface area contributed by atoms with Gasteiger partial charge in [0.25, 0.3) is 0 Å². The summed E-state index contributed by atoms with van der Waals surface area (Å²) < 4.78 is 2.75. The van der Waals surface area contributed by atoms with E-state index >= 15 is 0 Å². The fraction of sp³-hybridized carbons (Fsp3) is 0. The third-order valence-corrected chi connectivity index (χ3v) is 10.7. The molecule has 0 amide bonds.